The number of anilines is 1. The molecule has 1 aliphatic carbocycles. The van der Waals surface area contributed by atoms with E-state index >= 15 is 4.39 Å². The van der Waals surface area contributed by atoms with Crippen molar-refractivity contribution in [3.8, 4) is 28.3 Å². The summed E-state index contributed by atoms with van der Waals surface area (Å²) in [5.41, 5.74) is 5.85. The number of carbonyl (C=O) groups is 2. The number of hydrogen-bond acceptors (Lipinski definition) is 8. The summed E-state index contributed by atoms with van der Waals surface area (Å²) in [6, 6.07) is 12.9. The number of rotatable bonds is 6. The number of likely N-dealkylation sites (tertiary alicyclic amines) is 1. The van der Waals surface area contributed by atoms with Gasteiger partial charge in [0.2, 0.25) is 11.8 Å². The molecule has 46 heavy (non-hydrogen) atoms. The van der Waals surface area contributed by atoms with Crippen molar-refractivity contribution in [2.45, 2.75) is 50.5 Å². The molecule has 2 atom stereocenters. The van der Waals surface area contributed by atoms with Gasteiger partial charge >= 0.3 is 0 Å². The van der Waals surface area contributed by atoms with Crippen molar-refractivity contribution in [1.29, 1.82) is 0 Å². The van der Waals surface area contributed by atoms with Crippen LogP contribution in [0.25, 0.3) is 22.4 Å². The van der Waals surface area contributed by atoms with E-state index in [0.29, 0.717) is 52.5 Å². The molecule has 0 radical (unpaired) electrons. The van der Waals surface area contributed by atoms with Crippen molar-refractivity contribution >= 4 is 17.5 Å². The van der Waals surface area contributed by atoms with Gasteiger partial charge in [-0.25, -0.2) is 9.37 Å². The molecule has 11 heteroatoms. The molecule has 1 aromatic heterocycles. The number of aliphatic hydroxyl groups is 1. The third kappa shape index (κ3) is 5.12. The van der Waals surface area contributed by atoms with Crippen LogP contribution >= 0.6 is 0 Å². The first-order valence-corrected chi connectivity index (χ1v) is 15.7. The van der Waals surface area contributed by atoms with E-state index in [1.165, 1.54) is 0 Å². The van der Waals surface area contributed by atoms with Gasteiger partial charge in [0.15, 0.2) is 6.35 Å². The topological polar surface area (TPSA) is 110 Å². The van der Waals surface area contributed by atoms with Gasteiger partial charge in [0, 0.05) is 73.3 Å². The summed E-state index contributed by atoms with van der Waals surface area (Å²) in [7, 11) is 5.05. The minimum Gasteiger partial charge on any atom is -0.481 e. The molecule has 3 aliphatic heterocycles. The highest BCUT2D eigenvalue weighted by Crippen LogP contribution is 2.47. The minimum atomic E-state index is -0.798. The lowest BCUT2D eigenvalue weighted by atomic mass is 9.86. The first kappa shape index (κ1) is 30.3. The van der Waals surface area contributed by atoms with Gasteiger partial charge in [-0.05, 0) is 68.1 Å². The van der Waals surface area contributed by atoms with E-state index in [1.54, 1.807) is 61.5 Å². The monoisotopic (exact) mass is 626 g/mol. The predicted octanol–water partition coefficient (Wildman–Crippen LogP) is 3.80. The minimum absolute atomic E-state index is 0.105. The number of aliphatic hydroxyl groups excluding tert-OH is 1. The fourth-order valence-corrected chi connectivity index (χ4v) is 7.55. The van der Waals surface area contributed by atoms with Crippen LogP contribution < -0.4 is 15.4 Å². The molecule has 4 aliphatic rings. The maximum atomic E-state index is 16.4. The zero-order chi connectivity index (χ0) is 32.3. The molecule has 2 aromatic carbocycles. The van der Waals surface area contributed by atoms with E-state index in [2.05, 4.69) is 15.5 Å². The van der Waals surface area contributed by atoms with E-state index in [0.717, 1.165) is 49.0 Å². The number of halogens is 1. The molecule has 2 amide bonds. The van der Waals surface area contributed by atoms with Crippen LogP contribution in [0, 0.1) is 12.7 Å². The fourth-order valence-electron chi connectivity index (χ4n) is 7.55. The van der Waals surface area contributed by atoms with Gasteiger partial charge in [0.25, 0.3) is 5.91 Å². The Morgan fingerprint density at radius 3 is 2.59 bits per heavy atom. The van der Waals surface area contributed by atoms with Crippen LogP contribution in [0.3, 0.4) is 0 Å². The second-order valence-electron chi connectivity index (χ2n) is 13.1. The fraction of sp³-hybridized carbons (Fsp3) is 0.400. The van der Waals surface area contributed by atoms with Crippen LogP contribution in [0.15, 0.2) is 54.2 Å². The van der Waals surface area contributed by atoms with Gasteiger partial charge in [-0.15, -0.1) is 0 Å². The van der Waals surface area contributed by atoms with Gasteiger partial charge in [-0.1, -0.05) is 24.3 Å². The zero-order valence-electron chi connectivity index (χ0n) is 26.6. The van der Waals surface area contributed by atoms with Gasteiger partial charge < -0.3 is 25.4 Å². The smallest absolute Gasteiger partial charge is 0.254 e. The van der Waals surface area contributed by atoms with Crippen LogP contribution in [0.1, 0.15) is 42.0 Å². The van der Waals surface area contributed by atoms with E-state index in [1.807, 2.05) is 25.1 Å². The number of methoxy groups -OCH3 is 1. The summed E-state index contributed by atoms with van der Waals surface area (Å²) in [6.45, 7) is 3.79. The number of carbonyl (C=O) groups excluding carboxylic acids is 2. The number of ether oxygens (including phenoxy) is 1. The summed E-state index contributed by atoms with van der Waals surface area (Å²) in [4.78, 5) is 35.5. The highest BCUT2D eigenvalue weighted by Gasteiger charge is 2.51. The Bertz CT molecular complexity index is 1770. The third-order valence-corrected chi connectivity index (χ3v) is 9.99. The lowest BCUT2D eigenvalue weighted by Crippen LogP contribution is -2.67. The number of benzene rings is 2. The van der Waals surface area contributed by atoms with Crippen molar-refractivity contribution in [2.75, 3.05) is 46.2 Å². The van der Waals surface area contributed by atoms with Crippen LogP contribution in [0.4, 0.5) is 10.1 Å². The highest BCUT2D eigenvalue weighted by molar-refractivity contribution is 6.05. The van der Waals surface area contributed by atoms with Crippen LogP contribution in [0.2, 0.25) is 0 Å². The molecule has 1 unspecified atom stereocenters. The molecular formula is C35H39FN6O4. The molecule has 4 heterocycles. The van der Waals surface area contributed by atoms with Crippen molar-refractivity contribution in [1.82, 2.24) is 25.0 Å². The average molecular weight is 627 g/mol. The summed E-state index contributed by atoms with van der Waals surface area (Å²) >= 11 is 0. The largest absolute Gasteiger partial charge is 0.481 e. The Morgan fingerprint density at radius 1 is 1.13 bits per heavy atom. The Kier molecular flexibility index (Phi) is 7.57. The Hall–Kier alpha value is -4.32. The van der Waals surface area contributed by atoms with Gasteiger partial charge in [-0.3, -0.25) is 19.4 Å². The van der Waals surface area contributed by atoms with E-state index in [4.69, 9.17) is 9.72 Å². The maximum Gasteiger partial charge on any atom is 0.254 e. The number of aryl methyl sites for hydroxylation is 1. The molecular weight excluding hydrogens is 587 g/mol. The Labute approximate surface area is 267 Å². The number of nitrogens with one attached hydrogen (secondary N) is 2. The first-order valence-electron chi connectivity index (χ1n) is 15.7. The Balaban J connectivity index is 1.16. The molecule has 2 saturated heterocycles. The van der Waals surface area contributed by atoms with E-state index < -0.39 is 12.2 Å². The van der Waals surface area contributed by atoms with Crippen LogP contribution in [-0.2, 0) is 16.0 Å². The lowest BCUT2D eigenvalue weighted by Gasteiger charge is -2.50. The van der Waals surface area contributed by atoms with Crippen molar-refractivity contribution < 1.29 is 23.8 Å². The molecule has 10 nitrogen and oxygen atoms in total. The molecule has 240 valence electrons. The number of hydrogen-bond donors (Lipinski definition) is 3. The number of pyridine rings is 1. The number of nitrogens with zero attached hydrogens (tertiary/aromatic N) is 4. The van der Waals surface area contributed by atoms with Gasteiger partial charge in [0.05, 0.1) is 18.3 Å². The normalized spacial score (nSPS) is 22.3. The summed E-state index contributed by atoms with van der Waals surface area (Å²) < 4.78 is 22.2. The van der Waals surface area contributed by atoms with Crippen LogP contribution in [0.5, 0.6) is 5.88 Å². The van der Waals surface area contributed by atoms with E-state index in [-0.39, 0.29) is 23.4 Å². The summed E-state index contributed by atoms with van der Waals surface area (Å²) in [6.07, 6.45) is 4.06. The quantitative estimate of drug-likeness (QED) is 0.379. The SMILES string of the molecule is COc1nc(-c2cccc(-c3cccc(NC(=O)C4=CN(C)C(O)N(C)C4)c3C)c2F)cc2c1[C@@H](N1CC3(CCC(=O)N3)C1)CC2. The lowest BCUT2D eigenvalue weighted by molar-refractivity contribution is -0.121. The molecule has 1 spiro atoms. The van der Waals surface area contributed by atoms with E-state index in [9.17, 15) is 14.7 Å². The van der Waals surface area contributed by atoms with Crippen molar-refractivity contribution in [3.05, 3.63) is 76.7 Å². The number of aromatic nitrogens is 1. The summed E-state index contributed by atoms with van der Waals surface area (Å²) in [5, 5.41) is 16.3. The standard InChI is InChI=1S/C35H39FN6O4/c1-20-23(7-6-10-26(20)37-32(44)22-16-40(2)34(45)41(3)17-22)24-8-5-9-25(31(24)36)27-15-21-11-12-28(30(21)33(38-27)46-4)42-18-35(19-42)14-13-29(43)39-35/h5-10,15-16,28,34,45H,11-14,17-19H2,1-4H3,(H,37,44)(H,39,43)/t28-,34?/m0/s1. The Morgan fingerprint density at radius 2 is 1.87 bits per heavy atom. The number of likely N-dealkylation sites (N-methyl/N-ethyl adjacent to an activating group) is 1. The highest BCUT2D eigenvalue weighted by atomic mass is 19.1. The zero-order valence-corrected chi connectivity index (χ0v) is 26.6. The molecule has 3 aromatic rings. The second-order valence-corrected chi connectivity index (χ2v) is 13.1. The molecule has 2 fully saturated rings. The average Bonchev–Trinajstić information content (AvgIpc) is 3.63. The maximum absolute atomic E-state index is 16.4. The van der Waals surface area contributed by atoms with Crippen molar-refractivity contribution in [3.63, 3.8) is 0 Å². The van der Waals surface area contributed by atoms with Gasteiger partial charge in [-0.2, -0.15) is 0 Å². The third-order valence-electron chi connectivity index (χ3n) is 9.99. The molecule has 3 N–H and O–H groups in total. The molecule has 0 bridgehead atoms. The number of fused-ring (bicyclic) bond motifs is 1. The van der Waals surface area contributed by atoms with Crippen LogP contribution in [-0.4, -0.2) is 89.3 Å². The van der Waals surface area contributed by atoms with Crippen molar-refractivity contribution in [2.24, 2.45) is 0 Å². The summed E-state index contributed by atoms with van der Waals surface area (Å²) in [5.74, 6) is -0.0369. The predicted molar refractivity (Wildman–Crippen MR) is 172 cm³/mol. The first-order chi connectivity index (χ1) is 22.1. The molecule has 0 saturated carbocycles. The molecule has 7 rings (SSSR count). The second kappa shape index (κ2) is 11.5. The number of amides is 2. The van der Waals surface area contributed by atoms with Gasteiger partial charge in [0.1, 0.15) is 5.82 Å².